The maximum absolute atomic E-state index is 12.9. The SMILES string of the molecule is CCn1nc(C(C)C(=O)NCCc2nc3cc(C)c(C)cc3[nH]2)c2ccccc2c1=O. The summed E-state index contributed by atoms with van der Waals surface area (Å²) in [6, 6.07) is 11.5. The Balaban J connectivity index is 1.49. The minimum atomic E-state index is -0.482. The number of hydrogen-bond donors (Lipinski definition) is 2. The van der Waals surface area contributed by atoms with Gasteiger partial charge in [0.15, 0.2) is 0 Å². The van der Waals surface area contributed by atoms with Gasteiger partial charge < -0.3 is 10.3 Å². The van der Waals surface area contributed by atoms with Gasteiger partial charge in [0, 0.05) is 24.9 Å². The summed E-state index contributed by atoms with van der Waals surface area (Å²) in [5.74, 6) is 0.238. The van der Waals surface area contributed by atoms with Crippen LogP contribution in [0.25, 0.3) is 21.8 Å². The van der Waals surface area contributed by atoms with E-state index in [4.69, 9.17) is 0 Å². The van der Waals surface area contributed by atoms with E-state index >= 15 is 0 Å². The quantitative estimate of drug-likeness (QED) is 0.503. The fraction of sp³-hybridized carbons (Fsp3) is 0.333. The molecule has 1 amide bonds. The van der Waals surface area contributed by atoms with Crippen molar-refractivity contribution in [1.29, 1.82) is 0 Å². The summed E-state index contributed by atoms with van der Waals surface area (Å²) >= 11 is 0. The van der Waals surface area contributed by atoms with Crippen LogP contribution in [0, 0.1) is 13.8 Å². The molecule has 4 aromatic rings. The second kappa shape index (κ2) is 8.34. The lowest BCUT2D eigenvalue weighted by molar-refractivity contribution is -0.122. The Morgan fingerprint density at radius 2 is 1.87 bits per heavy atom. The number of imidazole rings is 1. The molecule has 2 aromatic carbocycles. The van der Waals surface area contributed by atoms with Crippen LogP contribution in [-0.4, -0.2) is 32.2 Å². The Morgan fingerprint density at radius 1 is 1.16 bits per heavy atom. The third-order valence-electron chi connectivity index (χ3n) is 5.81. The number of carbonyl (C=O) groups is 1. The maximum Gasteiger partial charge on any atom is 0.274 e. The summed E-state index contributed by atoms with van der Waals surface area (Å²) in [7, 11) is 0. The monoisotopic (exact) mass is 417 g/mol. The minimum absolute atomic E-state index is 0.123. The molecule has 31 heavy (non-hydrogen) atoms. The predicted octanol–water partition coefficient (Wildman–Crippen LogP) is 3.37. The first-order valence-electron chi connectivity index (χ1n) is 10.6. The number of aromatic amines is 1. The molecule has 0 fully saturated rings. The molecule has 0 spiro atoms. The van der Waals surface area contributed by atoms with Gasteiger partial charge in [-0.1, -0.05) is 18.2 Å². The van der Waals surface area contributed by atoms with E-state index in [1.54, 1.807) is 6.07 Å². The minimum Gasteiger partial charge on any atom is -0.355 e. The molecular formula is C24H27N5O2. The molecule has 7 nitrogen and oxygen atoms in total. The van der Waals surface area contributed by atoms with E-state index < -0.39 is 5.92 Å². The van der Waals surface area contributed by atoms with Crippen molar-refractivity contribution in [2.24, 2.45) is 0 Å². The molecular weight excluding hydrogens is 390 g/mol. The van der Waals surface area contributed by atoms with Crippen molar-refractivity contribution in [3.63, 3.8) is 0 Å². The number of carbonyl (C=O) groups excluding carboxylic acids is 1. The first-order valence-corrected chi connectivity index (χ1v) is 10.6. The molecule has 2 heterocycles. The second-order valence-electron chi connectivity index (χ2n) is 7.95. The van der Waals surface area contributed by atoms with E-state index in [2.05, 4.69) is 46.4 Å². The van der Waals surface area contributed by atoms with Gasteiger partial charge in [-0.05, 0) is 57.0 Å². The summed E-state index contributed by atoms with van der Waals surface area (Å²) in [4.78, 5) is 33.4. The molecule has 0 saturated carbocycles. The number of nitrogens with one attached hydrogen (secondary N) is 2. The van der Waals surface area contributed by atoms with E-state index in [9.17, 15) is 9.59 Å². The van der Waals surface area contributed by atoms with E-state index in [-0.39, 0.29) is 11.5 Å². The van der Waals surface area contributed by atoms with Crippen LogP contribution in [0.15, 0.2) is 41.2 Å². The third-order valence-corrected chi connectivity index (χ3v) is 5.81. The van der Waals surface area contributed by atoms with Gasteiger partial charge in [-0.15, -0.1) is 0 Å². The summed E-state index contributed by atoms with van der Waals surface area (Å²) < 4.78 is 1.42. The van der Waals surface area contributed by atoms with E-state index in [0.29, 0.717) is 30.6 Å². The molecule has 0 aliphatic carbocycles. The van der Waals surface area contributed by atoms with Crippen molar-refractivity contribution in [3.8, 4) is 0 Å². The van der Waals surface area contributed by atoms with Gasteiger partial charge in [0.2, 0.25) is 5.91 Å². The lowest BCUT2D eigenvalue weighted by Gasteiger charge is -2.15. The van der Waals surface area contributed by atoms with Gasteiger partial charge in [-0.3, -0.25) is 9.59 Å². The molecule has 160 valence electrons. The highest BCUT2D eigenvalue weighted by Gasteiger charge is 2.21. The molecule has 0 aliphatic rings. The number of H-pyrrole nitrogens is 1. The van der Waals surface area contributed by atoms with Crippen LogP contribution in [0.5, 0.6) is 0 Å². The highest BCUT2D eigenvalue weighted by Crippen LogP contribution is 2.22. The Morgan fingerprint density at radius 3 is 2.61 bits per heavy atom. The number of aryl methyl sites for hydroxylation is 3. The fourth-order valence-electron chi connectivity index (χ4n) is 3.82. The van der Waals surface area contributed by atoms with Crippen LogP contribution < -0.4 is 10.9 Å². The topological polar surface area (TPSA) is 92.7 Å². The van der Waals surface area contributed by atoms with Gasteiger partial charge in [-0.25, -0.2) is 9.67 Å². The number of amides is 1. The lowest BCUT2D eigenvalue weighted by atomic mass is 10.0. The average Bonchev–Trinajstić information content (AvgIpc) is 3.15. The van der Waals surface area contributed by atoms with Crippen molar-refractivity contribution in [2.45, 2.75) is 46.6 Å². The first kappa shape index (κ1) is 20.8. The molecule has 4 rings (SSSR count). The Labute approximate surface area is 180 Å². The summed E-state index contributed by atoms with van der Waals surface area (Å²) in [5, 5.41) is 8.77. The Kier molecular flexibility index (Phi) is 5.59. The number of fused-ring (bicyclic) bond motifs is 2. The van der Waals surface area contributed by atoms with Crippen molar-refractivity contribution >= 4 is 27.7 Å². The zero-order chi connectivity index (χ0) is 22.1. The molecule has 0 saturated heterocycles. The Hall–Kier alpha value is -3.48. The highest BCUT2D eigenvalue weighted by molar-refractivity contribution is 5.91. The molecule has 7 heteroatoms. The average molecular weight is 418 g/mol. The number of rotatable bonds is 6. The molecule has 1 unspecified atom stereocenters. The van der Waals surface area contributed by atoms with Crippen molar-refractivity contribution < 1.29 is 4.79 Å². The van der Waals surface area contributed by atoms with E-state index in [1.807, 2.05) is 32.0 Å². The van der Waals surface area contributed by atoms with Gasteiger partial charge in [0.1, 0.15) is 5.82 Å². The van der Waals surface area contributed by atoms with Crippen LogP contribution >= 0.6 is 0 Å². The fourth-order valence-corrected chi connectivity index (χ4v) is 3.82. The lowest BCUT2D eigenvalue weighted by Crippen LogP contribution is -2.32. The highest BCUT2D eigenvalue weighted by atomic mass is 16.2. The van der Waals surface area contributed by atoms with Gasteiger partial charge in [-0.2, -0.15) is 5.10 Å². The predicted molar refractivity (Wildman–Crippen MR) is 122 cm³/mol. The van der Waals surface area contributed by atoms with Crippen molar-refractivity contribution in [1.82, 2.24) is 25.1 Å². The smallest absolute Gasteiger partial charge is 0.274 e. The van der Waals surface area contributed by atoms with Gasteiger partial charge in [0.25, 0.3) is 5.56 Å². The van der Waals surface area contributed by atoms with Gasteiger partial charge in [0.05, 0.1) is 28.0 Å². The molecule has 0 aliphatic heterocycles. The zero-order valence-corrected chi connectivity index (χ0v) is 18.3. The molecule has 1 atom stereocenters. The van der Waals surface area contributed by atoms with E-state index in [1.165, 1.54) is 15.8 Å². The first-order chi connectivity index (χ1) is 14.9. The molecule has 0 radical (unpaired) electrons. The second-order valence-corrected chi connectivity index (χ2v) is 7.95. The molecule has 2 aromatic heterocycles. The number of hydrogen-bond acceptors (Lipinski definition) is 4. The van der Waals surface area contributed by atoms with Crippen LogP contribution in [0.2, 0.25) is 0 Å². The normalized spacial score (nSPS) is 12.4. The summed E-state index contributed by atoms with van der Waals surface area (Å²) in [6.07, 6.45) is 0.605. The zero-order valence-electron chi connectivity index (χ0n) is 18.3. The van der Waals surface area contributed by atoms with Crippen LogP contribution in [0.3, 0.4) is 0 Å². The van der Waals surface area contributed by atoms with Crippen LogP contribution in [0.4, 0.5) is 0 Å². The Bertz CT molecular complexity index is 1300. The van der Waals surface area contributed by atoms with Crippen molar-refractivity contribution in [3.05, 3.63) is 69.4 Å². The number of benzene rings is 2. The van der Waals surface area contributed by atoms with Crippen LogP contribution in [0.1, 0.15) is 42.4 Å². The van der Waals surface area contributed by atoms with Crippen LogP contribution in [-0.2, 0) is 17.8 Å². The summed E-state index contributed by atoms with van der Waals surface area (Å²) in [6.45, 7) is 8.76. The largest absolute Gasteiger partial charge is 0.355 e. The molecule has 0 bridgehead atoms. The summed E-state index contributed by atoms with van der Waals surface area (Å²) in [5.41, 5.74) is 4.86. The number of nitrogens with zero attached hydrogens (tertiary/aromatic N) is 3. The van der Waals surface area contributed by atoms with E-state index in [0.717, 1.165) is 22.2 Å². The van der Waals surface area contributed by atoms with Crippen molar-refractivity contribution in [2.75, 3.05) is 6.54 Å². The third kappa shape index (κ3) is 3.95. The molecule has 2 N–H and O–H groups in total. The standard InChI is InChI=1S/C24H27N5O2/c1-5-29-24(31)18-9-7-6-8-17(18)22(28-29)16(4)23(30)25-11-10-21-26-19-12-14(2)15(3)13-20(19)27-21/h6-9,12-13,16H,5,10-11H2,1-4H3,(H,25,30)(H,26,27). The van der Waals surface area contributed by atoms with Gasteiger partial charge >= 0.3 is 0 Å². The maximum atomic E-state index is 12.9. The number of aromatic nitrogens is 4.